The fraction of sp³-hybridized carbons (Fsp3) is 0.917. The summed E-state index contributed by atoms with van der Waals surface area (Å²) in [4.78, 5) is 11.7. The van der Waals surface area contributed by atoms with Crippen molar-refractivity contribution in [1.82, 2.24) is 5.32 Å². The molecule has 1 aliphatic heterocycles. The monoisotopic (exact) mass is 278 g/mol. The quantitative estimate of drug-likeness (QED) is 0.826. The number of halogens is 1. The number of carbonyl (C=O) groups is 1. The molecule has 2 fully saturated rings. The molecule has 0 aromatic heterocycles. The van der Waals surface area contributed by atoms with Crippen LogP contribution in [0.5, 0.6) is 0 Å². The zero-order chi connectivity index (χ0) is 11.4. The van der Waals surface area contributed by atoms with Gasteiger partial charge in [0.15, 0.2) is 0 Å². The summed E-state index contributed by atoms with van der Waals surface area (Å²) in [7, 11) is 0. The molecule has 0 spiro atoms. The molecule has 0 radical (unpaired) electrons. The van der Waals surface area contributed by atoms with E-state index in [1.807, 2.05) is 11.8 Å². The first-order valence-electron chi connectivity index (χ1n) is 6.39. The van der Waals surface area contributed by atoms with Crippen LogP contribution in [0, 0.1) is 5.92 Å². The van der Waals surface area contributed by atoms with E-state index in [1.54, 1.807) is 0 Å². The van der Waals surface area contributed by atoms with Gasteiger partial charge in [-0.15, -0.1) is 12.4 Å². The molecule has 3 nitrogen and oxygen atoms in total. The van der Waals surface area contributed by atoms with E-state index in [0.29, 0.717) is 17.6 Å². The summed E-state index contributed by atoms with van der Waals surface area (Å²) in [5.41, 5.74) is 5.96. The third-order valence-corrected chi connectivity index (χ3v) is 5.11. The molecule has 3 N–H and O–H groups in total. The Kier molecular flexibility index (Phi) is 6.67. The first kappa shape index (κ1) is 15.1. The number of thioether (sulfide) groups is 1. The van der Waals surface area contributed by atoms with Crippen LogP contribution in [0.4, 0.5) is 0 Å². The second-order valence-electron chi connectivity index (χ2n) is 5.00. The SMILES string of the molecule is Cl.N[C@@H]1CCC[C@H]1CC(=O)NCC1CCCS1. The van der Waals surface area contributed by atoms with Gasteiger partial charge in [-0.1, -0.05) is 6.42 Å². The Balaban J connectivity index is 0.00000144. The minimum atomic E-state index is 0. The van der Waals surface area contributed by atoms with E-state index >= 15 is 0 Å². The Labute approximate surface area is 114 Å². The first-order valence-corrected chi connectivity index (χ1v) is 7.44. The fourth-order valence-corrected chi connectivity index (χ4v) is 3.86. The average molecular weight is 279 g/mol. The molecule has 17 heavy (non-hydrogen) atoms. The molecule has 3 atom stereocenters. The maximum Gasteiger partial charge on any atom is 0.220 e. The average Bonchev–Trinajstić information content (AvgIpc) is 2.88. The van der Waals surface area contributed by atoms with Gasteiger partial charge < -0.3 is 11.1 Å². The van der Waals surface area contributed by atoms with Crippen molar-refractivity contribution < 1.29 is 4.79 Å². The summed E-state index contributed by atoms with van der Waals surface area (Å²) in [5.74, 6) is 1.89. The molecule has 2 rings (SSSR count). The fourth-order valence-electron chi connectivity index (χ4n) is 2.66. The van der Waals surface area contributed by atoms with Gasteiger partial charge in [0.2, 0.25) is 5.91 Å². The molecule has 1 aliphatic carbocycles. The molecule has 2 aliphatic rings. The van der Waals surface area contributed by atoms with E-state index < -0.39 is 0 Å². The highest BCUT2D eigenvalue weighted by Gasteiger charge is 2.26. The third-order valence-electron chi connectivity index (χ3n) is 3.72. The van der Waals surface area contributed by atoms with Crippen LogP contribution in [0.1, 0.15) is 38.5 Å². The zero-order valence-corrected chi connectivity index (χ0v) is 11.8. The molecule has 0 bridgehead atoms. The van der Waals surface area contributed by atoms with Crippen LogP contribution in [0.25, 0.3) is 0 Å². The van der Waals surface area contributed by atoms with Gasteiger partial charge in [-0.3, -0.25) is 4.79 Å². The van der Waals surface area contributed by atoms with Crippen LogP contribution in [-0.4, -0.2) is 29.5 Å². The second-order valence-corrected chi connectivity index (χ2v) is 6.41. The summed E-state index contributed by atoms with van der Waals surface area (Å²) in [6.07, 6.45) is 6.62. The predicted molar refractivity (Wildman–Crippen MR) is 75.7 cm³/mol. The van der Waals surface area contributed by atoms with Gasteiger partial charge in [0.25, 0.3) is 0 Å². The second kappa shape index (κ2) is 7.49. The van der Waals surface area contributed by atoms with Crippen LogP contribution >= 0.6 is 24.2 Å². The highest BCUT2D eigenvalue weighted by molar-refractivity contribution is 8.00. The lowest BCUT2D eigenvalue weighted by molar-refractivity contribution is -0.122. The van der Waals surface area contributed by atoms with Crippen LogP contribution in [-0.2, 0) is 4.79 Å². The number of carbonyl (C=O) groups excluding carboxylic acids is 1. The normalized spacial score (nSPS) is 32.2. The van der Waals surface area contributed by atoms with Crippen LogP contribution in [0.3, 0.4) is 0 Å². The maximum absolute atomic E-state index is 11.7. The standard InChI is InChI=1S/C12H22N2OS.ClH/c13-11-5-1-3-9(11)7-12(15)14-8-10-4-2-6-16-10;/h9-11H,1-8,13H2,(H,14,15);1H/t9-,10?,11+;/m0./s1. The van der Waals surface area contributed by atoms with Crippen LogP contribution < -0.4 is 11.1 Å². The molecule has 0 aromatic rings. The summed E-state index contributed by atoms with van der Waals surface area (Å²) in [6.45, 7) is 0.853. The van der Waals surface area contributed by atoms with Crippen molar-refractivity contribution in [3.8, 4) is 0 Å². The minimum absolute atomic E-state index is 0. The van der Waals surface area contributed by atoms with Crippen molar-refractivity contribution in [2.75, 3.05) is 12.3 Å². The molecule has 5 heteroatoms. The molecular formula is C12H23ClN2OS. The smallest absolute Gasteiger partial charge is 0.220 e. The highest BCUT2D eigenvalue weighted by Crippen LogP contribution is 2.27. The largest absolute Gasteiger partial charge is 0.355 e. The Hall–Kier alpha value is 0.0700. The van der Waals surface area contributed by atoms with Gasteiger partial charge in [-0.05, 0) is 37.4 Å². The molecule has 100 valence electrons. The number of nitrogens with two attached hydrogens (primary N) is 1. The molecule has 1 saturated carbocycles. The Morgan fingerprint density at radius 1 is 1.29 bits per heavy atom. The summed E-state index contributed by atoms with van der Waals surface area (Å²) in [5, 5.41) is 3.71. The number of hydrogen-bond acceptors (Lipinski definition) is 3. The summed E-state index contributed by atoms with van der Waals surface area (Å²) in [6, 6.07) is 0.256. The van der Waals surface area contributed by atoms with E-state index in [-0.39, 0.29) is 24.4 Å². The number of hydrogen-bond donors (Lipinski definition) is 2. The summed E-state index contributed by atoms with van der Waals surface area (Å²) >= 11 is 1.99. The lowest BCUT2D eigenvalue weighted by atomic mass is 10.00. The predicted octanol–water partition coefficient (Wildman–Crippen LogP) is 1.94. The zero-order valence-electron chi connectivity index (χ0n) is 10.2. The van der Waals surface area contributed by atoms with Crippen molar-refractivity contribution in [1.29, 1.82) is 0 Å². The molecule has 0 aromatic carbocycles. The van der Waals surface area contributed by atoms with Gasteiger partial charge in [0.1, 0.15) is 0 Å². The van der Waals surface area contributed by atoms with Gasteiger partial charge in [-0.25, -0.2) is 0 Å². The van der Waals surface area contributed by atoms with Crippen molar-refractivity contribution in [3.05, 3.63) is 0 Å². The molecule has 1 saturated heterocycles. The number of amides is 1. The number of nitrogens with one attached hydrogen (secondary N) is 1. The van der Waals surface area contributed by atoms with E-state index in [2.05, 4.69) is 5.32 Å². The van der Waals surface area contributed by atoms with E-state index in [4.69, 9.17) is 5.73 Å². The summed E-state index contributed by atoms with van der Waals surface area (Å²) < 4.78 is 0. The van der Waals surface area contributed by atoms with Crippen LogP contribution in [0.15, 0.2) is 0 Å². The molecular weight excluding hydrogens is 256 g/mol. The molecule has 1 unspecified atom stereocenters. The van der Waals surface area contributed by atoms with E-state index in [9.17, 15) is 4.79 Å². The van der Waals surface area contributed by atoms with Crippen LogP contribution in [0.2, 0.25) is 0 Å². The minimum Gasteiger partial charge on any atom is -0.355 e. The van der Waals surface area contributed by atoms with Gasteiger partial charge >= 0.3 is 0 Å². The molecule has 1 amide bonds. The number of rotatable bonds is 4. The van der Waals surface area contributed by atoms with E-state index in [1.165, 1.54) is 25.0 Å². The maximum atomic E-state index is 11.7. The van der Waals surface area contributed by atoms with Crippen molar-refractivity contribution in [2.45, 2.75) is 49.8 Å². The third kappa shape index (κ3) is 4.68. The Morgan fingerprint density at radius 3 is 2.71 bits per heavy atom. The van der Waals surface area contributed by atoms with Crippen molar-refractivity contribution in [2.24, 2.45) is 11.7 Å². The lowest BCUT2D eigenvalue weighted by Crippen LogP contribution is -2.34. The van der Waals surface area contributed by atoms with Gasteiger partial charge in [0, 0.05) is 24.3 Å². The van der Waals surface area contributed by atoms with E-state index in [0.717, 1.165) is 19.4 Å². The van der Waals surface area contributed by atoms with Crippen molar-refractivity contribution >= 4 is 30.1 Å². The highest BCUT2D eigenvalue weighted by atomic mass is 35.5. The first-order chi connectivity index (χ1) is 7.75. The topological polar surface area (TPSA) is 55.1 Å². The van der Waals surface area contributed by atoms with Crippen molar-refractivity contribution in [3.63, 3.8) is 0 Å². The Morgan fingerprint density at radius 2 is 2.12 bits per heavy atom. The van der Waals surface area contributed by atoms with Gasteiger partial charge in [0.05, 0.1) is 0 Å². The lowest BCUT2D eigenvalue weighted by Gasteiger charge is -2.16. The molecule has 1 heterocycles. The Bertz CT molecular complexity index is 247. The van der Waals surface area contributed by atoms with Gasteiger partial charge in [-0.2, -0.15) is 11.8 Å².